The van der Waals surface area contributed by atoms with Crippen LogP contribution in [0.1, 0.15) is 42.7 Å². The second-order valence-electron chi connectivity index (χ2n) is 4.45. The van der Waals surface area contributed by atoms with Gasteiger partial charge in [-0.1, -0.05) is 24.9 Å². The molecule has 0 saturated carbocycles. The number of aliphatic carboxylic acids is 1. The van der Waals surface area contributed by atoms with E-state index in [1.54, 1.807) is 6.07 Å². The fourth-order valence-electron chi connectivity index (χ4n) is 1.88. The third-order valence-electron chi connectivity index (χ3n) is 2.86. The van der Waals surface area contributed by atoms with Gasteiger partial charge in [0.15, 0.2) is 0 Å². The Labute approximate surface area is 123 Å². The van der Waals surface area contributed by atoms with Crippen LogP contribution in [-0.2, 0) is 11.2 Å². The van der Waals surface area contributed by atoms with E-state index in [9.17, 15) is 9.59 Å². The third-order valence-corrected chi connectivity index (χ3v) is 3.06. The number of aryl methyl sites for hydroxylation is 1. The van der Waals surface area contributed by atoms with Crippen LogP contribution in [0, 0.1) is 0 Å². The van der Waals surface area contributed by atoms with Crippen LogP contribution < -0.4 is 0 Å². The summed E-state index contributed by atoms with van der Waals surface area (Å²) in [7, 11) is 0. The molecule has 0 aliphatic carbocycles. The predicted molar refractivity (Wildman–Crippen MR) is 77.1 cm³/mol. The molecule has 0 aliphatic rings. The first-order valence-electron chi connectivity index (χ1n) is 6.65. The molecule has 0 aliphatic heterocycles. The van der Waals surface area contributed by atoms with E-state index in [1.807, 2.05) is 13.8 Å². The van der Waals surface area contributed by atoms with Crippen molar-refractivity contribution in [3.8, 4) is 0 Å². The molecular formula is C14H19ClN2O3. The van der Waals surface area contributed by atoms with Gasteiger partial charge in [0.1, 0.15) is 5.15 Å². The number of pyridine rings is 1. The second kappa shape index (κ2) is 7.85. The zero-order valence-corrected chi connectivity index (χ0v) is 12.5. The number of hydrogen-bond donors (Lipinski definition) is 1. The molecule has 0 atom stereocenters. The van der Waals surface area contributed by atoms with Crippen LogP contribution in [0.15, 0.2) is 12.1 Å². The van der Waals surface area contributed by atoms with E-state index in [4.69, 9.17) is 16.7 Å². The molecule has 1 rings (SSSR count). The Morgan fingerprint density at radius 2 is 2.05 bits per heavy atom. The molecule has 0 spiro atoms. The van der Waals surface area contributed by atoms with Crippen molar-refractivity contribution in [2.45, 2.75) is 33.1 Å². The molecule has 0 unspecified atom stereocenters. The zero-order chi connectivity index (χ0) is 15.1. The first-order valence-corrected chi connectivity index (χ1v) is 7.03. The van der Waals surface area contributed by atoms with Crippen LogP contribution in [0.5, 0.6) is 0 Å². The van der Waals surface area contributed by atoms with Gasteiger partial charge in [-0.15, -0.1) is 0 Å². The lowest BCUT2D eigenvalue weighted by Crippen LogP contribution is -2.33. The first-order chi connectivity index (χ1) is 9.47. The van der Waals surface area contributed by atoms with E-state index in [0.29, 0.717) is 12.1 Å². The van der Waals surface area contributed by atoms with Crippen LogP contribution in [-0.4, -0.2) is 40.0 Å². The Hall–Kier alpha value is -1.62. The molecule has 0 saturated heterocycles. The van der Waals surface area contributed by atoms with Gasteiger partial charge >= 0.3 is 5.97 Å². The molecule has 0 fully saturated rings. The number of aromatic nitrogens is 1. The third kappa shape index (κ3) is 4.81. The summed E-state index contributed by atoms with van der Waals surface area (Å²) in [5.74, 6) is -1.13. The summed E-state index contributed by atoms with van der Waals surface area (Å²) in [4.78, 5) is 28.6. The van der Waals surface area contributed by atoms with Gasteiger partial charge < -0.3 is 10.0 Å². The molecule has 0 radical (unpaired) electrons. The van der Waals surface area contributed by atoms with Gasteiger partial charge in [-0.25, -0.2) is 4.98 Å². The number of rotatable bonds is 7. The summed E-state index contributed by atoms with van der Waals surface area (Å²) < 4.78 is 0. The van der Waals surface area contributed by atoms with Gasteiger partial charge in [-0.05, 0) is 25.5 Å². The number of carboxylic acid groups (broad SMARTS) is 1. The first kappa shape index (κ1) is 16.4. The summed E-state index contributed by atoms with van der Waals surface area (Å²) in [6.45, 7) is 4.48. The highest BCUT2D eigenvalue weighted by Gasteiger charge is 2.16. The van der Waals surface area contributed by atoms with E-state index >= 15 is 0 Å². The molecule has 110 valence electrons. The minimum Gasteiger partial charge on any atom is -0.481 e. The van der Waals surface area contributed by atoms with Crippen LogP contribution in [0.3, 0.4) is 0 Å². The Balaban J connectivity index is 2.90. The van der Waals surface area contributed by atoms with Crippen molar-refractivity contribution >= 4 is 23.5 Å². The lowest BCUT2D eigenvalue weighted by atomic mass is 10.1. The van der Waals surface area contributed by atoms with Crippen molar-refractivity contribution in [2.75, 3.05) is 13.1 Å². The van der Waals surface area contributed by atoms with Crippen molar-refractivity contribution in [3.63, 3.8) is 0 Å². The largest absolute Gasteiger partial charge is 0.481 e. The number of amides is 1. The fourth-order valence-corrected chi connectivity index (χ4v) is 2.10. The minimum atomic E-state index is -0.921. The monoisotopic (exact) mass is 298 g/mol. The Morgan fingerprint density at radius 3 is 2.60 bits per heavy atom. The summed E-state index contributed by atoms with van der Waals surface area (Å²) in [6, 6.07) is 3.24. The Kier molecular flexibility index (Phi) is 6.45. The SMILES string of the molecule is CCCc1cc(C(=O)N(CC)CCC(=O)O)cc(Cl)n1. The predicted octanol–water partition coefficient (Wildman–Crippen LogP) is 2.62. The van der Waals surface area contributed by atoms with E-state index in [0.717, 1.165) is 18.5 Å². The van der Waals surface area contributed by atoms with Gasteiger partial charge in [0.05, 0.1) is 6.42 Å². The van der Waals surface area contributed by atoms with E-state index in [1.165, 1.54) is 11.0 Å². The summed E-state index contributed by atoms with van der Waals surface area (Å²) in [5.41, 5.74) is 1.23. The fraction of sp³-hybridized carbons (Fsp3) is 0.500. The highest BCUT2D eigenvalue weighted by Crippen LogP contribution is 2.14. The number of carbonyl (C=O) groups excluding carboxylic acids is 1. The maximum absolute atomic E-state index is 12.3. The van der Waals surface area contributed by atoms with Gasteiger partial charge in [0.2, 0.25) is 0 Å². The van der Waals surface area contributed by atoms with E-state index in [-0.39, 0.29) is 24.0 Å². The van der Waals surface area contributed by atoms with Crippen LogP contribution >= 0.6 is 11.6 Å². The summed E-state index contributed by atoms with van der Waals surface area (Å²) in [5, 5.41) is 8.99. The molecule has 1 N–H and O–H groups in total. The molecule has 5 nitrogen and oxygen atoms in total. The molecule has 20 heavy (non-hydrogen) atoms. The number of hydrogen-bond acceptors (Lipinski definition) is 3. The highest BCUT2D eigenvalue weighted by molar-refractivity contribution is 6.29. The van der Waals surface area contributed by atoms with Crippen molar-refractivity contribution in [2.24, 2.45) is 0 Å². The number of carbonyl (C=O) groups is 2. The number of halogens is 1. The summed E-state index contributed by atoms with van der Waals surface area (Å²) >= 11 is 5.93. The van der Waals surface area contributed by atoms with Crippen LogP contribution in [0.4, 0.5) is 0 Å². The average molecular weight is 299 g/mol. The maximum Gasteiger partial charge on any atom is 0.305 e. The van der Waals surface area contributed by atoms with Gasteiger partial charge in [0.25, 0.3) is 5.91 Å². The quantitative estimate of drug-likeness (QED) is 0.786. The Bertz CT molecular complexity index is 491. The number of carboxylic acids is 1. The molecule has 1 heterocycles. The lowest BCUT2D eigenvalue weighted by Gasteiger charge is -2.20. The molecule has 0 bridgehead atoms. The molecule has 6 heteroatoms. The number of nitrogens with zero attached hydrogens (tertiary/aromatic N) is 2. The van der Waals surface area contributed by atoms with Crippen molar-refractivity contribution in [1.29, 1.82) is 0 Å². The standard InChI is InChI=1S/C14H19ClN2O3/c1-3-5-11-8-10(9-12(15)16-11)14(20)17(4-2)7-6-13(18)19/h8-9H,3-7H2,1-2H3,(H,18,19). The summed E-state index contributed by atoms with van der Waals surface area (Å²) in [6.07, 6.45) is 1.60. The highest BCUT2D eigenvalue weighted by atomic mass is 35.5. The average Bonchev–Trinajstić information content (AvgIpc) is 2.38. The molecular weight excluding hydrogens is 280 g/mol. The smallest absolute Gasteiger partial charge is 0.305 e. The lowest BCUT2D eigenvalue weighted by molar-refractivity contribution is -0.137. The van der Waals surface area contributed by atoms with E-state index < -0.39 is 5.97 Å². The van der Waals surface area contributed by atoms with Crippen molar-refractivity contribution < 1.29 is 14.7 Å². The molecule has 1 aromatic heterocycles. The molecule has 1 amide bonds. The Morgan fingerprint density at radius 1 is 1.35 bits per heavy atom. The zero-order valence-electron chi connectivity index (χ0n) is 11.7. The van der Waals surface area contributed by atoms with Crippen molar-refractivity contribution in [3.05, 3.63) is 28.5 Å². The topological polar surface area (TPSA) is 70.5 Å². The van der Waals surface area contributed by atoms with Gasteiger partial charge in [-0.3, -0.25) is 9.59 Å². The van der Waals surface area contributed by atoms with E-state index in [2.05, 4.69) is 4.98 Å². The second-order valence-corrected chi connectivity index (χ2v) is 4.84. The maximum atomic E-state index is 12.3. The van der Waals surface area contributed by atoms with Crippen molar-refractivity contribution in [1.82, 2.24) is 9.88 Å². The van der Waals surface area contributed by atoms with Gasteiger partial charge in [-0.2, -0.15) is 0 Å². The van der Waals surface area contributed by atoms with Crippen LogP contribution in [0.25, 0.3) is 0 Å². The minimum absolute atomic E-state index is 0.0692. The van der Waals surface area contributed by atoms with Gasteiger partial charge in [0, 0.05) is 24.3 Å². The van der Waals surface area contributed by atoms with Crippen LogP contribution in [0.2, 0.25) is 5.15 Å². The molecule has 0 aromatic carbocycles. The molecule has 1 aromatic rings. The normalized spacial score (nSPS) is 10.3.